The molecular weight excluding hydrogens is 415 g/mol. The van der Waals surface area contributed by atoms with Gasteiger partial charge in [0.25, 0.3) is 10.0 Å². The number of hydrogen-bond acceptors (Lipinski definition) is 7. The van der Waals surface area contributed by atoms with E-state index >= 15 is 0 Å². The molecule has 9 nitrogen and oxygen atoms in total. The van der Waals surface area contributed by atoms with Crippen LogP contribution in [0.4, 0.5) is 10.2 Å². The molecule has 2 heterocycles. The summed E-state index contributed by atoms with van der Waals surface area (Å²) in [6, 6.07) is 9.14. The van der Waals surface area contributed by atoms with Crippen molar-refractivity contribution in [2.24, 2.45) is 0 Å². The standard InChI is InChI=1S/C19H17FN4O5S/c1-27-14-5-3-6-15(28-2)18(14)30(25,26)23-19-17-13(20)9-12(10-16(17)29-22-19)11-24-8-4-7-21-24/h3-10H,11H2,1-2H3,(H,22,23). The minimum absolute atomic E-state index is 0.0663. The minimum Gasteiger partial charge on any atom is -0.495 e. The molecule has 0 unspecified atom stereocenters. The second-order valence-corrected chi connectivity index (χ2v) is 7.90. The van der Waals surface area contributed by atoms with Crippen molar-refractivity contribution in [3.63, 3.8) is 0 Å². The maximum atomic E-state index is 14.8. The number of sulfonamides is 1. The fourth-order valence-corrected chi connectivity index (χ4v) is 4.41. The Labute approximate surface area is 171 Å². The first-order valence-electron chi connectivity index (χ1n) is 8.72. The average molecular weight is 432 g/mol. The van der Waals surface area contributed by atoms with Crippen LogP contribution in [0.25, 0.3) is 11.0 Å². The monoisotopic (exact) mass is 432 g/mol. The van der Waals surface area contributed by atoms with E-state index in [2.05, 4.69) is 15.0 Å². The largest absolute Gasteiger partial charge is 0.495 e. The van der Waals surface area contributed by atoms with Gasteiger partial charge in [-0.3, -0.25) is 9.40 Å². The van der Waals surface area contributed by atoms with E-state index < -0.39 is 15.8 Å². The van der Waals surface area contributed by atoms with Crippen LogP contribution in [0.15, 0.2) is 58.2 Å². The number of benzene rings is 2. The van der Waals surface area contributed by atoms with Crippen LogP contribution in [-0.4, -0.2) is 37.6 Å². The van der Waals surface area contributed by atoms with Gasteiger partial charge in [0.2, 0.25) is 0 Å². The summed E-state index contributed by atoms with van der Waals surface area (Å²) >= 11 is 0. The third-order valence-corrected chi connectivity index (χ3v) is 5.77. The van der Waals surface area contributed by atoms with Crippen LogP contribution in [0.1, 0.15) is 5.56 Å². The third-order valence-electron chi connectivity index (χ3n) is 4.37. The molecule has 0 aliphatic carbocycles. The van der Waals surface area contributed by atoms with Gasteiger partial charge in [0.05, 0.1) is 20.8 Å². The number of nitrogens with zero attached hydrogens (tertiary/aromatic N) is 3. The molecule has 0 saturated heterocycles. The summed E-state index contributed by atoms with van der Waals surface area (Å²) in [5.74, 6) is -0.824. The van der Waals surface area contributed by atoms with Gasteiger partial charge in [-0.25, -0.2) is 12.8 Å². The molecule has 0 spiro atoms. The minimum atomic E-state index is -4.23. The van der Waals surface area contributed by atoms with Crippen molar-refractivity contribution in [2.45, 2.75) is 11.4 Å². The van der Waals surface area contributed by atoms with E-state index in [4.69, 9.17) is 14.0 Å². The van der Waals surface area contributed by atoms with Crippen molar-refractivity contribution in [1.82, 2.24) is 14.9 Å². The predicted molar refractivity (Wildman–Crippen MR) is 106 cm³/mol. The van der Waals surface area contributed by atoms with Crippen LogP contribution in [0.3, 0.4) is 0 Å². The lowest BCUT2D eigenvalue weighted by Crippen LogP contribution is -2.16. The lowest BCUT2D eigenvalue weighted by Gasteiger charge is -2.13. The molecule has 0 atom stereocenters. The van der Waals surface area contributed by atoms with Crippen LogP contribution >= 0.6 is 0 Å². The highest BCUT2D eigenvalue weighted by Crippen LogP contribution is 2.35. The van der Waals surface area contributed by atoms with E-state index in [1.54, 1.807) is 35.3 Å². The van der Waals surface area contributed by atoms with Gasteiger partial charge in [0.15, 0.2) is 16.3 Å². The number of ether oxygens (including phenoxy) is 2. The Hall–Kier alpha value is -3.60. The average Bonchev–Trinajstić information content (AvgIpc) is 3.37. The predicted octanol–water partition coefficient (Wildman–Crippen LogP) is 3.03. The van der Waals surface area contributed by atoms with Crippen molar-refractivity contribution in [3.8, 4) is 11.5 Å². The van der Waals surface area contributed by atoms with E-state index in [9.17, 15) is 12.8 Å². The fourth-order valence-electron chi connectivity index (χ4n) is 3.08. The number of hydrogen-bond donors (Lipinski definition) is 1. The molecule has 156 valence electrons. The van der Waals surface area contributed by atoms with Gasteiger partial charge in [-0.05, 0) is 35.9 Å². The highest BCUT2D eigenvalue weighted by molar-refractivity contribution is 7.93. The molecule has 4 rings (SSSR count). The molecule has 30 heavy (non-hydrogen) atoms. The number of halogens is 1. The Morgan fingerprint density at radius 3 is 2.53 bits per heavy atom. The first-order valence-corrected chi connectivity index (χ1v) is 10.2. The maximum Gasteiger partial charge on any atom is 0.270 e. The number of nitrogens with one attached hydrogen (secondary N) is 1. The normalized spacial score (nSPS) is 11.6. The van der Waals surface area contributed by atoms with Crippen LogP contribution in [0.2, 0.25) is 0 Å². The van der Waals surface area contributed by atoms with Crippen molar-refractivity contribution >= 4 is 26.8 Å². The Morgan fingerprint density at radius 2 is 1.90 bits per heavy atom. The number of anilines is 1. The molecule has 0 amide bonds. The van der Waals surface area contributed by atoms with Crippen LogP contribution in [0, 0.1) is 5.82 Å². The second kappa shape index (κ2) is 7.67. The smallest absolute Gasteiger partial charge is 0.270 e. The van der Waals surface area contributed by atoms with Crippen molar-refractivity contribution in [2.75, 3.05) is 18.9 Å². The van der Waals surface area contributed by atoms with Crippen LogP contribution < -0.4 is 14.2 Å². The van der Waals surface area contributed by atoms with Gasteiger partial charge in [-0.2, -0.15) is 5.10 Å². The zero-order valence-corrected chi connectivity index (χ0v) is 16.8. The number of aromatic nitrogens is 3. The third kappa shape index (κ3) is 3.54. The highest BCUT2D eigenvalue weighted by atomic mass is 32.2. The van der Waals surface area contributed by atoms with E-state index in [1.165, 1.54) is 32.4 Å². The zero-order chi connectivity index (χ0) is 21.3. The SMILES string of the molecule is COc1cccc(OC)c1S(=O)(=O)Nc1noc2cc(Cn3cccn3)cc(F)c12. The molecule has 2 aromatic carbocycles. The van der Waals surface area contributed by atoms with Crippen molar-refractivity contribution in [1.29, 1.82) is 0 Å². The Bertz CT molecular complexity index is 1280. The molecule has 4 aromatic rings. The first-order chi connectivity index (χ1) is 14.4. The first kappa shape index (κ1) is 19.7. The summed E-state index contributed by atoms with van der Waals surface area (Å²) in [5.41, 5.74) is 0.683. The van der Waals surface area contributed by atoms with E-state index in [-0.39, 0.29) is 33.2 Å². The summed E-state index contributed by atoms with van der Waals surface area (Å²) < 4.78 is 60.2. The maximum absolute atomic E-state index is 14.8. The summed E-state index contributed by atoms with van der Waals surface area (Å²) in [7, 11) is -1.56. The Balaban J connectivity index is 1.73. The lowest BCUT2D eigenvalue weighted by molar-refractivity contribution is 0.373. The van der Waals surface area contributed by atoms with E-state index in [0.29, 0.717) is 12.1 Å². The van der Waals surface area contributed by atoms with E-state index in [0.717, 1.165) is 0 Å². The van der Waals surface area contributed by atoms with Gasteiger partial charge in [-0.15, -0.1) is 0 Å². The Kier molecular flexibility index (Phi) is 5.04. The quantitative estimate of drug-likeness (QED) is 0.478. The molecule has 1 N–H and O–H groups in total. The van der Waals surface area contributed by atoms with Crippen LogP contribution in [-0.2, 0) is 16.6 Å². The van der Waals surface area contributed by atoms with E-state index in [1.807, 2.05) is 0 Å². The molecule has 0 fully saturated rings. The number of rotatable bonds is 7. The molecule has 0 radical (unpaired) electrons. The topological polar surface area (TPSA) is 108 Å². The molecule has 0 saturated carbocycles. The van der Waals surface area contributed by atoms with Crippen LogP contribution in [0.5, 0.6) is 11.5 Å². The summed E-state index contributed by atoms with van der Waals surface area (Å²) in [6.45, 7) is 0.319. The van der Waals surface area contributed by atoms with Gasteiger partial charge >= 0.3 is 0 Å². The second-order valence-electron chi connectivity index (χ2n) is 6.28. The van der Waals surface area contributed by atoms with Gasteiger partial charge < -0.3 is 14.0 Å². The summed E-state index contributed by atoms with van der Waals surface area (Å²) in [4.78, 5) is -0.234. The molecule has 0 aliphatic rings. The van der Waals surface area contributed by atoms with Crippen molar-refractivity contribution in [3.05, 3.63) is 60.2 Å². The fraction of sp³-hybridized carbons (Fsp3) is 0.158. The van der Waals surface area contributed by atoms with Gasteiger partial charge in [0, 0.05) is 12.4 Å². The Morgan fingerprint density at radius 1 is 1.17 bits per heavy atom. The summed E-state index contributed by atoms with van der Waals surface area (Å²) in [6.07, 6.45) is 3.35. The number of fused-ring (bicyclic) bond motifs is 1. The lowest BCUT2D eigenvalue weighted by atomic mass is 10.1. The molecule has 0 bridgehead atoms. The zero-order valence-electron chi connectivity index (χ0n) is 16.0. The molecule has 11 heteroatoms. The molecule has 2 aromatic heterocycles. The van der Waals surface area contributed by atoms with Crippen molar-refractivity contribution < 1.29 is 26.8 Å². The van der Waals surface area contributed by atoms with Gasteiger partial charge in [-0.1, -0.05) is 11.2 Å². The van der Waals surface area contributed by atoms with Gasteiger partial charge in [0.1, 0.15) is 22.7 Å². The summed E-state index contributed by atoms with van der Waals surface area (Å²) in [5, 5.41) is 7.69. The number of methoxy groups -OCH3 is 2. The molecule has 0 aliphatic heterocycles. The highest BCUT2D eigenvalue weighted by Gasteiger charge is 2.27. The molecular formula is C19H17FN4O5S.